The number of amides is 1. The molecule has 0 radical (unpaired) electrons. The molecule has 178 valence electrons. The lowest BCUT2D eigenvalue weighted by Crippen LogP contribution is -2.36. The molecule has 0 spiro atoms. The molecular formula is C24H21ClFN7O2. The molecule has 0 saturated carbocycles. The van der Waals surface area contributed by atoms with Gasteiger partial charge < -0.3 is 20.3 Å². The van der Waals surface area contributed by atoms with E-state index in [9.17, 15) is 9.18 Å². The summed E-state index contributed by atoms with van der Waals surface area (Å²) in [5, 5.41) is 13.9. The minimum absolute atomic E-state index is 0.271. The predicted molar refractivity (Wildman–Crippen MR) is 134 cm³/mol. The summed E-state index contributed by atoms with van der Waals surface area (Å²) in [4.78, 5) is 22.9. The Morgan fingerprint density at radius 3 is 2.77 bits per heavy atom. The summed E-state index contributed by atoms with van der Waals surface area (Å²) in [6.07, 6.45) is 2.79. The van der Waals surface area contributed by atoms with Gasteiger partial charge in [-0.15, -0.1) is 0 Å². The van der Waals surface area contributed by atoms with Crippen LogP contribution in [-0.2, 0) is 9.53 Å². The van der Waals surface area contributed by atoms with Gasteiger partial charge in [-0.2, -0.15) is 10.1 Å². The van der Waals surface area contributed by atoms with Gasteiger partial charge in [-0.05, 0) is 42.5 Å². The SMILES string of the molecule is C=CC(=O)Nc1ccc(Cl)c(-c2nc(Nc3ccc(F)c(N4CCOCC4)c3)nc3[nH]ncc23)c1. The maximum Gasteiger partial charge on any atom is 0.247 e. The largest absolute Gasteiger partial charge is 0.378 e. The Balaban J connectivity index is 1.52. The summed E-state index contributed by atoms with van der Waals surface area (Å²) in [5.74, 6) is -0.384. The number of aromatic amines is 1. The molecule has 1 fully saturated rings. The monoisotopic (exact) mass is 493 g/mol. The van der Waals surface area contributed by atoms with E-state index < -0.39 is 0 Å². The number of fused-ring (bicyclic) bond motifs is 1. The Hall–Kier alpha value is -4.02. The fourth-order valence-electron chi connectivity index (χ4n) is 3.84. The molecule has 35 heavy (non-hydrogen) atoms. The second-order valence-electron chi connectivity index (χ2n) is 7.81. The molecule has 3 heterocycles. The van der Waals surface area contributed by atoms with Crippen LogP contribution >= 0.6 is 11.6 Å². The molecule has 0 aliphatic carbocycles. The van der Waals surface area contributed by atoms with Crippen molar-refractivity contribution in [2.45, 2.75) is 0 Å². The third kappa shape index (κ3) is 4.79. The highest BCUT2D eigenvalue weighted by Crippen LogP contribution is 2.34. The first kappa shape index (κ1) is 22.8. The quantitative estimate of drug-likeness (QED) is 0.339. The zero-order valence-electron chi connectivity index (χ0n) is 18.5. The molecular weight excluding hydrogens is 473 g/mol. The van der Waals surface area contributed by atoms with Crippen molar-refractivity contribution in [2.24, 2.45) is 0 Å². The number of ether oxygens (including phenoxy) is 1. The van der Waals surface area contributed by atoms with Crippen LogP contribution in [0.5, 0.6) is 0 Å². The van der Waals surface area contributed by atoms with E-state index in [1.807, 2.05) is 4.90 Å². The first-order valence-corrected chi connectivity index (χ1v) is 11.2. The number of aromatic nitrogens is 4. The van der Waals surface area contributed by atoms with Gasteiger partial charge in [0.05, 0.1) is 41.2 Å². The molecule has 4 aromatic rings. The van der Waals surface area contributed by atoms with E-state index in [4.69, 9.17) is 16.3 Å². The van der Waals surface area contributed by atoms with Gasteiger partial charge >= 0.3 is 0 Å². The second kappa shape index (κ2) is 9.69. The molecule has 1 aliphatic heterocycles. The predicted octanol–water partition coefficient (Wildman–Crippen LogP) is 4.52. The lowest BCUT2D eigenvalue weighted by molar-refractivity contribution is -0.111. The highest BCUT2D eigenvalue weighted by atomic mass is 35.5. The minimum atomic E-state index is -0.343. The number of carbonyl (C=O) groups excluding carboxylic acids is 1. The molecule has 3 N–H and O–H groups in total. The van der Waals surface area contributed by atoms with Gasteiger partial charge in [-0.3, -0.25) is 9.89 Å². The van der Waals surface area contributed by atoms with Crippen LogP contribution < -0.4 is 15.5 Å². The summed E-state index contributed by atoms with van der Waals surface area (Å²) in [5.41, 5.74) is 3.22. The Labute approximate surface area is 205 Å². The average molecular weight is 494 g/mol. The van der Waals surface area contributed by atoms with Crippen molar-refractivity contribution in [3.8, 4) is 11.3 Å². The lowest BCUT2D eigenvalue weighted by Gasteiger charge is -2.29. The van der Waals surface area contributed by atoms with Crippen LogP contribution in [0.25, 0.3) is 22.3 Å². The summed E-state index contributed by atoms with van der Waals surface area (Å²) < 4.78 is 19.9. The third-order valence-corrected chi connectivity index (χ3v) is 5.87. The van der Waals surface area contributed by atoms with E-state index in [2.05, 4.69) is 37.4 Å². The van der Waals surface area contributed by atoms with Crippen molar-refractivity contribution in [1.82, 2.24) is 20.2 Å². The van der Waals surface area contributed by atoms with Crippen LogP contribution in [0.3, 0.4) is 0 Å². The van der Waals surface area contributed by atoms with E-state index in [1.165, 1.54) is 12.1 Å². The van der Waals surface area contributed by atoms with Crippen LogP contribution in [0, 0.1) is 5.82 Å². The number of carbonyl (C=O) groups is 1. The van der Waals surface area contributed by atoms with Gasteiger partial charge in [0.1, 0.15) is 5.82 Å². The van der Waals surface area contributed by atoms with Crippen LogP contribution in [0.15, 0.2) is 55.3 Å². The Morgan fingerprint density at radius 1 is 1.17 bits per heavy atom. The van der Waals surface area contributed by atoms with E-state index in [-0.39, 0.29) is 17.7 Å². The van der Waals surface area contributed by atoms with Crippen molar-refractivity contribution < 1.29 is 13.9 Å². The molecule has 5 rings (SSSR count). The number of H-pyrrole nitrogens is 1. The molecule has 1 amide bonds. The fourth-order valence-corrected chi connectivity index (χ4v) is 4.05. The number of hydrogen-bond acceptors (Lipinski definition) is 7. The maximum atomic E-state index is 14.5. The number of hydrogen-bond donors (Lipinski definition) is 3. The Kier molecular flexibility index (Phi) is 6.30. The average Bonchev–Trinajstić information content (AvgIpc) is 3.35. The third-order valence-electron chi connectivity index (χ3n) is 5.54. The first-order chi connectivity index (χ1) is 17.0. The van der Waals surface area contributed by atoms with E-state index in [0.717, 1.165) is 0 Å². The van der Waals surface area contributed by atoms with Crippen LogP contribution in [0.4, 0.5) is 27.4 Å². The summed E-state index contributed by atoms with van der Waals surface area (Å²) >= 11 is 6.50. The van der Waals surface area contributed by atoms with Crippen molar-refractivity contribution in [3.63, 3.8) is 0 Å². The zero-order chi connectivity index (χ0) is 24.4. The minimum Gasteiger partial charge on any atom is -0.378 e. The molecule has 9 nitrogen and oxygen atoms in total. The number of anilines is 4. The first-order valence-electron chi connectivity index (χ1n) is 10.9. The summed E-state index contributed by atoms with van der Waals surface area (Å²) in [7, 11) is 0. The molecule has 0 atom stereocenters. The van der Waals surface area contributed by atoms with Gasteiger partial charge in [0.25, 0.3) is 0 Å². The van der Waals surface area contributed by atoms with Gasteiger partial charge in [-0.1, -0.05) is 18.2 Å². The number of morpholine rings is 1. The molecule has 0 bridgehead atoms. The highest BCUT2D eigenvalue weighted by molar-refractivity contribution is 6.33. The highest BCUT2D eigenvalue weighted by Gasteiger charge is 2.18. The number of halogens is 2. The topological polar surface area (TPSA) is 108 Å². The Bertz CT molecular complexity index is 1420. The van der Waals surface area contributed by atoms with Crippen molar-refractivity contribution >= 4 is 51.6 Å². The second-order valence-corrected chi connectivity index (χ2v) is 8.21. The van der Waals surface area contributed by atoms with Crippen LogP contribution in [0.2, 0.25) is 5.02 Å². The summed E-state index contributed by atoms with van der Waals surface area (Å²) in [6.45, 7) is 5.79. The number of rotatable bonds is 6. The fraction of sp³-hybridized carbons (Fsp3) is 0.167. The molecule has 11 heteroatoms. The van der Waals surface area contributed by atoms with Crippen molar-refractivity contribution in [3.05, 3.63) is 66.1 Å². The van der Waals surface area contributed by atoms with Crippen LogP contribution in [0.1, 0.15) is 0 Å². The molecule has 1 saturated heterocycles. The van der Waals surface area contributed by atoms with E-state index in [1.54, 1.807) is 36.5 Å². The van der Waals surface area contributed by atoms with E-state index >= 15 is 0 Å². The normalized spacial score (nSPS) is 13.6. The zero-order valence-corrected chi connectivity index (χ0v) is 19.3. The van der Waals surface area contributed by atoms with E-state index in [0.29, 0.717) is 70.7 Å². The standard InChI is InChI=1S/C24H21ClFN7O2/c1-2-21(34)28-14-3-5-18(25)16(11-14)22-17-13-27-32-23(17)31-24(30-22)29-15-4-6-19(26)20(12-15)33-7-9-35-10-8-33/h2-6,11-13H,1,7-10H2,(H,28,34)(H2,27,29,30,31,32). The molecule has 0 unspecified atom stereocenters. The number of nitrogens with one attached hydrogen (secondary N) is 3. The number of nitrogens with zero attached hydrogens (tertiary/aromatic N) is 4. The molecule has 2 aromatic heterocycles. The molecule has 1 aliphatic rings. The van der Waals surface area contributed by atoms with Gasteiger partial charge in [0.2, 0.25) is 11.9 Å². The molecule has 2 aromatic carbocycles. The van der Waals surface area contributed by atoms with Crippen molar-refractivity contribution in [1.29, 1.82) is 0 Å². The van der Waals surface area contributed by atoms with Crippen molar-refractivity contribution in [2.75, 3.05) is 41.8 Å². The Morgan fingerprint density at radius 2 is 1.97 bits per heavy atom. The van der Waals surface area contributed by atoms with Crippen LogP contribution in [-0.4, -0.2) is 52.4 Å². The van der Waals surface area contributed by atoms with Gasteiger partial charge in [0.15, 0.2) is 5.65 Å². The smallest absolute Gasteiger partial charge is 0.247 e. The lowest BCUT2D eigenvalue weighted by atomic mass is 10.1. The summed E-state index contributed by atoms with van der Waals surface area (Å²) in [6, 6.07) is 9.83. The maximum absolute atomic E-state index is 14.5. The van der Waals surface area contributed by atoms with Gasteiger partial charge in [-0.25, -0.2) is 9.37 Å². The van der Waals surface area contributed by atoms with Gasteiger partial charge in [0, 0.05) is 30.0 Å². The number of benzene rings is 2.